The summed E-state index contributed by atoms with van der Waals surface area (Å²) in [7, 11) is 3.70. The van der Waals surface area contributed by atoms with Crippen LogP contribution in [0.2, 0.25) is 0 Å². The molecule has 1 unspecified atom stereocenters. The van der Waals surface area contributed by atoms with E-state index in [1.165, 1.54) is 12.0 Å². The summed E-state index contributed by atoms with van der Waals surface area (Å²) >= 11 is 1.68. The number of carbonyl (C=O) groups excluding carboxylic acids is 3. The van der Waals surface area contributed by atoms with E-state index in [0.717, 1.165) is 44.4 Å². The van der Waals surface area contributed by atoms with Gasteiger partial charge in [0.2, 0.25) is 18.2 Å². The smallest absolute Gasteiger partial charge is 0.245 e. The lowest BCUT2D eigenvalue weighted by molar-refractivity contribution is -0.198. The minimum absolute atomic E-state index is 0.0617. The van der Waals surface area contributed by atoms with Crippen molar-refractivity contribution in [2.24, 2.45) is 0 Å². The van der Waals surface area contributed by atoms with E-state index in [0.29, 0.717) is 13.0 Å². The predicted octanol–water partition coefficient (Wildman–Crippen LogP) is 2.16. The third kappa shape index (κ3) is 6.31. The first-order valence-electron chi connectivity index (χ1n) is 12.3. The van der Waals surface area contributed by atoms with Crippen LogP contribution in [0.3, 0.4) is 0 Å². The fraction of sp³-hybridized carbons (Fsp3) is 0.640. The molecule has 2 saturated heterocycles. The van der Waals surface area contributed by atoms with Gasteiger partial charge in [0.25, 0.3) is 0 Å². The Balaban J connectivity index is 0.000000302. The molecule has 1 aliphatic carbocycles. The summed E-state index contributed by atoms with van der Waals surface area (Å²) in [5.41, 5.74) is 1.33. The Morgan fingerprint density at radius 3 is 2.44 bits per heavy atom. The lowest BCUT2D eigenvalue weighted by Gasteiger charge is -2.55. The minimum Gasteiger partial charge on any atom is -0.334 e. The van der Waals surface area contributed by atoms with Crippen molar-refractivity contribution in [2.75, 3.05) is 39.2 Å². The maximum atomic E-state index is 13.2. The average Bonchev–Trinajstić information content (AvgIpc) is 2.85. The molecule has 188 valence electrons. The van der Waals surface area contributed by atoms with Crippen LogP contribution in [0, 0.1) is 0 Å². The van der Waals surface area contributed by atoms with Gasteiger partial charge in [0, 0.05) is 19.6 Å². The van der Waals surface area contributed by atoms with Crippen LogP contribution in [0.5, 0.6) is 0 Å². The van der Waals surface area contributed by atoms with Crippen molar-refractivity contribution >= 4 is 30.0 Å². The maximum Gasteiger partial charge on any atom is 0.245 e. The predicted molar refractivity (Wildman–Crippen MR) is 136 cm³/mol. The molecule has 0 aromatic heterocycles. The SMILES string of the molecule is CNCc1ccccc1.CSCC[C@H]1C(=O)N(C2CCCCC2)CC2N1C(=O)CN(C)N2C=O. The molecule has 2 heterocycles. The molecule has 8 nitrogen and oxygen atoms in total. The van der Waals surface area contributed by atoms with Crippen LogP contribution in [-0.4, -0.2) is 95.5 Å². The van der Waals surface area contributed by atoms with Crippen molar-refractivity contribution in [3.05, 3.63) is 35.9 Å². The van der Waals surface area contributed by atoms with Gasteiger partial charge in [0.05, 0.1) is 13.1 Å². The third-order valence-corrected chi connectivity index (χ3v) is 7.52. The molecule has 0 radical (unpaired) electrons. The van der Waals surface area contributed by atoms with E-state index in [4.69, 9.17) is 0 Å². The summed E-state index contributed by atoms with van der Waals surface area (Å²) in [6, 6.07) is 10.1. The van der Waals surface area contributed by atoms with Gasteiger partial charge in [-0.1, -0.05) is 49.6 Å². The van der Waals surface area contributed by atoms with E-state index >= 15 is 0 Å². The fourth-order valence-electron chi connectivity index (χ4n) is 5.17. The topological polar surface area (TPSA) is 76.2 Å². The van der Waals surface area contributed by atoms with Gasteiger partial charge < -0.3 is 15.1 Å². The quantitative estimate of drug-likeness (QED) is 0.592. The van der Waals surface area contributed by atoms with Gasteiger partial charge in [-0.05, 0) is 43.9 Å². The largest absolute Gasteiger partial charge is 0.334 e. The number of nitrogens with zero attached hydrogens (tertiary/aromatic N) is 4. The Labute approximate surface area is 208 Å². The van der Waals surface area contributed by atoms with Crippen LogP contribution in [0.1, 0.15) is 44.1 Å². The first-order chi connectivity index (χ1) is 16.5. The van der Waals surface area contributed by atoms with Crippen molar-refractivity contribution in [3.63, 3.8) is 0 Å². The number of rotatable bonds is 7. The molecule has 1 saturated carbocycles. The summed E-state index contributed by atoms with van der Waals surface area (Å²) in [6.45, 7) is 1.52. The highest BCUT2D eigenvalue weighted by Crippen LogP contribution is 2.31. The highest BCUT2D eigenvalue weighted by Gasteiger charge is 2.50. The van der Waals surface area contributed by atoms with Gasteiger partial charge in [-0.25, -0.2) is 5.01 Å². The number of amides is 3. The number of carbonyl (C=O) groups is 3. The van der Waals surface area contributed by atoms with E-state index in [1.807, 2.05) is 36.4 Å². The minimum atomic E-state index is -0.447. The molecule has 9 heteroatoms. The zero-order valence-electron chi connectivity index (χ0n) is 20.7. The number of benzene rings is 1. The zero-order valence-corrected chi connectivity index (χ0v) is 21.5. The van der Waals surface area contributed by atoms with Gasteiger partial charge in [0.1, 0.15) is 12.2 Å². The van der Waals surface area contributed by atoms with Crippen LogP contribution in [-0.2, 0) is 20.9 Å². The molecule has 2 atom stereocenters. The average molecular weight is 490 g/mol. The van der Waals surface area contributed by atoms with Gasteiger partial charge in [0.15, 0.2) is 0 Å². The number of likely N-dealkylation sites (N-methyl/N-ethyl adjacent to an activating group) is 1. The van der Waals surface area contributed by atoms with Crippen LogP contribution < -0.4 is 5.32 Å². The normalized spacial score (nSPS) is 23.9. The summed E-state index contributed by atoms with van der Waals surface area (Å²) in [5, 5.41) is 6.33. The maximum absolute atomic E-state index is 13.2. The molecular weight excluding hydrogens is 450 g/mol. The van der Waals surface area contributed by atoms with Crippen LogP contribution in [0.15, 0.2) is 30.3 Å². The summed E-state index contributed by atoms with van der Waals surface area (Å²) < 4.78 is 0. The first kappa shape index (κ1) is 26.5. The van der Waals surface area contributed by atoms with Crippen molar-refractivity contribution in [2.45, 2.75) is 63.3 Å². The molecule has 0 bridgehead atoms. The second kappa shape index (κ2) is 13.1. The lowest BCUT2D eigenvalue weighted by Crippen LogP contribution is -2.75. The Kier molecular flexibility index (Phi) is 10.2. The molecule has 4 rings (SSSR count). The molecule has 1 N–H and O–H groups in total. The van der Waals surface area contributed by atoms with E-state index in [9.17, 15) is 14.4 Å². The summed E-state index contributed by atoms with van der Waals surface area (Å²) in [4.78, 5) is 41.2. The number of nitrogens with one attached hydrogen (secondary N) is 1. The van der Waals surface area contributed by atoms with E-state index in [2.05, 4.69) is 17.4 Å². The van der Waals surface area contributed by atoms with E-state index in [-0.39, 0.29) is 30.6 Å². The molecule has 1 aromatic carbocycles. The molecule has 2 aliphatic heterocycles. The van der Waals surface area contributed by atoms with Gasteiger partial charge >= 0.3 is 0 Å². The first-order valence-corrected chi connectivity index (χ1v) is 13.6. The number of hydrogen-bond donors (Lipinski definition) is 1. The van der Waals surface area contributed by atoms with Crippen molar-refractivity contribution < 1.29 is 14.4 Å². The Bertz CT molecular complexity index is 805. The molecule has 3 fully saturated rings. The monoisotopic (exact) mass is 489 g/mol. The van der Waals surface area contributed by atoms with Gasteiger partial charge in [-0.15, -0.1) is 0 Å². The highest BCUT2D eigenvalue weighted by molar-refractivity contribution is 7.98. The van der Waals surface area contributed by atoms with Crippen molar-refractivity contribution in [1.29, 1.82) is 0 Å². The number of thioether (sulfide) groups is 1. The van der Waals surface area contributed by atoms with E-state index in [1.54, 1.807) is 33.7 Å². The zero-order chi connectivity index (χ0) is 24.5. The Morgan fingerprint density at radius 2 is 1.82 bits per heavy atom. The number of fused-ring (bicyclic) bond motifs is 1. The molecule has 3 aliphatic rings. The molecule has 1 aromatic rings. The highest BCUT2D eigenvalue weighted by atomic mass is 32.2. The number of piperazine rings is 1. The summed E-state index contributed by atoms with van der Waals surface area (Å²) in [6.07, 6.45) is 8.63. The Morgan fingerprint density at radius 1 is 1.12 bits per heavy atom. The molecule has 34 heavy (non-hydrogen) atoms. The van der Waals surface area contributed by atoms with Crippen LogP contribution >= 0.6 is 11.8 Å². The van der Waals surface area contributed by atoms with Crippen molar-refractivity contribution in [3.8, 4) is 0 Å². The second-order valence-electron chi connectivity index (χ2n) is 9.18. The standard InChI is InChI=1S/C17H28N4O3S.C8H11N/c1-18-11-16(23)21-14(8-9-25-2)17(24)19(10-15(21)20(18)12-22)13-6-4-3-5-7-13;1-9-7-8-5-3-2-4-6-8/h12-15H,3-11H2,1-2H3;2-6,9H,7H2,1H3/t14-,15?;/m0./s1. The molecular formula is C25H39N5O3S. The second-order valence-corrected chi connectivity index (χ2v) is 10.2. The van der Waals surface area contributed by atoms with Crippen LogP contribution in [0.4, 0.5) is 0 Å². The molecule has 3 amide bonds. The van der Waals surface area contributed by atoms with Gasteiger partial charge in [-0.2, -0.15) is 11.8 Å². The van der Waals surface area contributed by atoms with Crippen molar-refractivity contribution in [1.82, 2.24) is 25.1 Å². The Hall–Kier alpha value is -2.10. The van der Waals surface area contributed by atoms with Gasteiger partial charge in [-0.3, -0.25) is 19.4 Å². The fourth-order valence-corrected chi connectivity index (χ4v) is 5.63. The number of hydrogen-bond acceptors (Lipinski definition) is 6. The number of hydrazine groups is 1. The van der Waals surface area contributed by atoms with E-state index < -0.39 is 6.04 Å². The van der Waals surface area contributed by atoms with Crippen LogP contribution in [0.25, 0.3) is 0 Å². The third-order valence-electron chi connectivity index (χ3n) is 6.88. The molecule has 0 spiro atoms. The lowest BCUT2D eigenvalue weighted by atomic mass is 9.92. The summed E-state index contributed by atoms with van der Waals surface area (Å²) in [5.74, 6) is 0.830.